The summed E-state index contributed by atoms with van der Waals surface area (Å²) >= 11 is 5.35. The molecule has 2 aromatic rings. The van der Waals surface area contributed by atoms with E-state index in [0.717, 1.165) is 0 Å². The Bertz CT molecular complexity index is 803. The van der Waals surface area contributed by atoms with Crippen LogP contribution in [0.4, 0.5) is 20.2 Å². The number of carbonyl (C=O) groups is 1. The van der Waals surface area contributed by atoms with Crippen LogP contribution < -0.4 is 20.1 Å². The lowest BCUT2D eigenvalue weighted by molar-refractivity contribution is -0.116. The van der Waals surface area contributed by atoms with Crippen LogP contribution in [-0.4, -0.2) is 42.7 Å². The van der Waals surface area contributed by atoms with Crippen molar-refractivity contribution in [2.45, 2.75) is 13.5 Å². The van der Waals surface area contributed by atoms with Crippen molar-refractivity contribution >= 4 is 34.6 Å². The van der Waals surface area contributed by atoms with Crippen molar-refractivity contribution in [3.8, 4) is 11.5 Å². The first-order chi connectivity index (χ1) is 13.4. The number of anilines is 2. The SMILES string of the molecule is CCN(CC(=O)Nc1cccc(OC)c1)C(=S)Nc1ccc(OC(F)F)cc1. The number of alkyl halides is 2. The number of amides is 1. The van der Waals surface area contributed by atoms with E-state index in [-0.39, 0.29) is 18.2 Å². The molecular weight excluding hydrogens is 388 g/mol. The van der Waals surface area contributed by atoms with Crippen LogP contribution in [0.3, 0.4) is 0 Å². The van der Waals surface area contributed by atoms with E-state index in [2.05, 4.69) is 15.4 Å². The fourth-order valence-corrected chi connectivity index (χ4v) is 2.64. The Balaban J connectivity index is 1.92. The van der Waals surface area contributed by atoms with Crippen LogP contribution in [0.15, 0.2) is 48.5 Å². The van der Waals surface area contributed by atoms with Crippen LogP contribution in [0.2, 0.25) is 0 Å². The molecule has 0 saturated heterocycles. The van der Waals surface area contributed by atoms with Crippen LogP contribution in [-0.2, 0) is 4.79 Å². The number of nitrogens with zero attached hydrogens (tertiary/aromatic N) is 1. The van der Waals surface area contributed by atoms with E-state index >= 15 is 0 Å². The summed E-state index contributed by atoms with van der Waals surface area (Å²) in [5, 5.41) is 6.10. The fraction of sp³-hybridized carbons (Fsp3) is 0.263. The maximum absolute atomic E-state index is 12.3. The minimum atomic E-state index is -2.88. The molecule has 0 fully saturated rings. The zero-order valence-corrected chi connectivity index (χ0v) is 16.3. The van der Waals surface area contributed by atoms with Gasteiger partial charge < -0.3 is 25.0 Å². The van der Waals surface area contributed by atoms with Crippen LogP contribution in [0.5, 0.6) is 11.5 Å². The molecule has 0 saturated carbocycles. The van der Waals surface area contributed by atoms with Crippen molar-refractivity contribution in [1.29, 1.82) is 0 Å². The van der Waals surface area contributed by atoms with Crippen molar-refractivity contribution in [1.82, 2.24) is 4.90 Å². The monoisotopic (exact) mass is 409 g/mol. The van der Waals surface area contributed by atoms with E-state index in [4.69, 9.17) is 17.0 Å². The van der Waals surface area contributed by atoms with Gasteiger partial charge in [0, 0.05) is 24.0 Å². The van der Waals surface area contributed by atoms with E-state index in [1.807, 2.05) is 6.92 Å². The minimum Gasteiger partial charge on any atom is -0.497 e. The van der Waals surface area contributed by atoms with Gasteiger partial charge >= 0.3 is 6.61 Å². The van der Waals surface area contributed by atoms with Gasteiger partial charge in [-0.3, -0.25) is 4.79 Å². The molecule has 9 heteroatoms. The van der Waals surface area contributed by atoms with Gasteiger partial charge in [-0.15, -0.1) is 0 Å². The predicted molar refractivity (Wildman–Crippen MR) is 108 cm³/mol. The lowest BCUT2D eigenvalue weighted by atomic mass is 10.3. The van der Waals surface area contributed by atoms with Gasteiger partial charge in [0.15, 0.2) is 5.11 Å². The number of ether oxygens (including phenoxy) is 2. The van der Waals surface area contributed by atoms with Crippen LogP contribution >= 0.6 is 12.2 Å². The summed E-state index contributed by atoms with van der Waals surface area (Å²) in [4.78, 5) is 14.0. The van der Waals surface area contributed by atoms with Gasteiger partial charge in [-0.2, -0.15) is 8.78 Å². The summed E-state index contributed by atoms with van der Waals surface area (Å²) in [6.07, 6.45) is 0. The number of rotatable bonds is 8. The van der Waals surface area contributed by atoms with Crippen LogP contribution in [0, 0.1) is 0 Å². The molecule has 0 aliphatic carbocycles. The first-order valence-corrected chi connectivity index (χ1v) is 8.86. The smallest absolute Gasteiger partial charge is 0.387 e. The first kappa shape index (κ1) is 21.4. The number of likely N-dealkylation sites (N-methyl/N-ethyl adjacent to an activating group) is 1. The minimum absolute atomic E-state index is 0.0477. The third-order valence-corrected chi connectivity index (χ3v) is 4.05. The van der Waals surface area contributed by atoms with Crippen LogP contribution in [0.25, 0.3) is 0 Å². The first-order valence-electron chi connectivity index (χ1n) is 8.46. The van der Waals surface area contributed by atoms with E-state index in [1.165, 1.54) is 12.1 Å². The largest absolute Gasteiger partial charge is 0.497 e. The molecule has 2 rings (SSSR count). The summed E-state index contributed by atoms with van der Waals surface area (Å²) in [5.74, 6) is 0.457. The van der Waals surface area contributed by atoms with Crippen molar-refractivity contribution in [3.63, 3.8) is 0 Å². The summed E-state index contributed by atoms with van der Waals surface area (Å²) in [5.41, 5.74) is 1.21. The molecule has 0 heterocycles. The molecule has 0 bridgehead atoms. The number of carbonyl (C=O) groups excluding carboxylic acids is 1. The van der Waals surface area contributed by atoms with Crippen molar-refractivity contribution in [2.24, 2.45) is 0 Å². The quantitative estimate of drug-likeness (QED) is 0.644. The molecule has 0 spiro atoms. The highest BCUT2D eigenvalue weighted by molar-refractivity contribution is 7.80. The number of hydrogen-bond acceptors (Lipinski definition) is 4. The molecule has 2 N–H and O–H groups in total. The molecule has 0 unspecified atom stereocenters. The molecule has 150 valence electrons. The molecule has 1 amide bonds. The van der Waals surface area contributed by atoms with Gasteiger partial charge in [0.2, 0.25) is 5.91 Å². The number of hydrogen-bond donors (Lipinski definition) is 2. The van der Waals surface area contributed by atoms with Gasteiger partial charge in [0.25, 0.3) is 0 Å². The van der Waals surface area contributed by atoms with E-state index in [9.17, 15) is 13.6 Å². The summed E-state index contributed by atoms with van der Waals surface area (Å²) < 4.78 is 33.8. The molecule has 0 atom stereocenters. The molecule has 0 aliphatic heterocycles. The number of benzene rings is 2. The summed E-state index contributed by atoms with van der Waals surface area (Å²) in [6, 6.07) is 13.0. The van der Waals surface area contributed by atoms with Gasteiger partial charge in [-0.05, 0) is 55.5 Å². The highest BCUT2D eigenvalue weighted by atomic mass is 32.1. The Labute approximate surface area is 167 Å². The van der Waals surface area contributed by atoms with Gasteiger partial charge in [0.05, 0.1) is 13.7 Å². The van der Waals surface area contributed by atoms with Crippen molar-refractivity contribution in [3.05, 3.63) is 48.5 Å². The number of methoxy groups -OCH3 is 1. The Morgan fingerprint density at radius 1 is 1.11 bits per heavy atom. The average molecular weight is 409 g/mol. The second kappa shape index (κ2) is 10.4. The third kappa shape index (κ3) is 6.66. The number of thiocarbonyl (C=S) groups is 1. The van der Waals surface area contributed by atoms with E-state index < -0.39 is 6.61 Å². The lowest BCUT2D eigenvalue weighted by Gasteiger charge is -2.24. The normalized spacial score (nSPS) is 10.3. The highest BCUT2D eigenvalue weighted by Gasteiger charge is 2.13. The zero-order valence-electron chi connectivity index (χ0n) is 15.4. The van der Waals surface area contributed by atoms with Crippen LogP contribution in [0.1, 0.15) is 6.92 Å². The summed E-state index contributed by atoms with van der Waals surface area (Å²) in [6.45, 7) is -0.457. The molecule has 6 nitrogen and oxygen atoms in total. The van der Waals surface area contributed by atoms with Gasteiger partial charge in [-0.1, -0.05) is 6.07 Å². The predicted octanol–water partition coefficient (Wildman–Crippen LogP) is 3.95. The summed E-state index contributed by atoms with van der Waals surface area (Å²) in [7, 11) is 1.55. The Morgan fingerprint density at radius 2 is 1.82 bits per heavy atom. The highest BCUT2D eigenvalue weighted by Crippen LogP contribution is 2.19. The van der Waals surface area contributed by atoms with Gasteiger partial charge in [0.1, 0.15) is 11.5 Å². The lowest BCUT2D eigenvalue weighted by Crippen LogP contribution is -2.40. The molecule has 0 aliphatic rings. The zero-order chi connectivity index (χ0) is 20.5. The number of halogens is 2. The fourth-order valence-electron chi connectivity index (χ4n) is 2.32. The molecule has 0 aromatic heterocycles. The molecule has 2 aromatic carbocycles. The molecular formula is C19H21F2N3O3S. The topological polar surface area (TPSA) is 62.8 Å². The Morgan fingerprint density at radius 3 is 2.43 bits per heavy atom. The Hall–Kier alpha value is -2.94. The second-order valence-corrected chi connectivity index (χ2v) is 6.01. The van der Waals surface area contributed by atoms with E-state index in [0.29, 0.717) is 28.8 Å². The van der Waals surface area contributed by atoms with Crippen molar-refractivity contribution in [2.75, 3.05) is 30.8 Å². The number of nitrogens with one attached hydrogen (secondary N) is 2. The van der Waals surface area contributed by atoms with E-state index in [1.54, 1.807) is 48.4 Å². The third-order valence-electron chi connectivity index (χ3n) is 3.69. The standard InChI is InChI=1S/C19H21F2N3O3S/c1-3-24(12-17(25)22-14-5-4-6-16(11-14)26-2)19(28)23-13-7-9-15(10-8-13)27-18(20)21/h4-11,18H,3,12H2,1-2H3,(H,22,25)(H,23,28). The maximum Gasteiger partial charge on any atom is 0.387 e. The maximum atomic E-state index is 12.3. The average Bonchev–Trinajstić information content (AvgIpc) is 2.67. The van der Waals surface area contributed by atoms with Crippen molar-refractivity contribution < 1.29 is 23.0 Å². The second-order valence-electron chi connectivity index (χ2n) is 5.63. The molecule has 0 radical (unpaired) electrons. The molecule has 28 heavy (non-hydrogen) atoms. The Kier molecular flexibility index (Phi) is 7.94. The van der Waals surface area contributed by atoms with Gasteiger partial charge in [-0.25, -0.2) is 0 Å².